The predicted octanol–water partition coefficient (Wildman–Crippen LogP) is 1.93. The van der Waals surface area contributed by atoms with Crippen molar-refractivity contribution in [3.63, 3.8) is 0 Å². The molecule has 10 radical (unpaired) electrons. The van der Waals surface area contributed by atoms with Gasteiger partial charge in [0.25, 0.3) is 0 Å². The quantitative estimate of drug-likeness (QED) is 0.140. The zero-order valence-corrected chi connectivity index (χ0v) is 24.3. The predicted molar refractivity (Wildman–Crippen MR) is 166 cm³/mol. The number of allylic oxidation sites excluding steroid dienone is 1. The topological polar surface area (TPSA) is 140 Å². The van der Waals surface area contributed by atoms with Gasteiger partial charge >= 0.3 is 8.60 Å². The minimum absolute atomic E-state index is 0.0741. The first-order chi connectivity index (χ1) is 19.6. The summed E-state index contributed by atoms with van der Waals surface area (Å²) in [7, 11) is 30.3. The monoisotopic (exact) mass is 598 g/mol. The summed E-state index contributed by atoms with van der Waals surface area (Å²) in [6.45, 7) is 1.12. The average Bonchev–Trinajstić information content (AvgIpc) is 3.21. The summed E-state index contributed by atoms with van der Waals surface area (Å²) >= 11 is 6.67. The van der Waals surface area contributed by atoms with E-state index in [9.17, 15) is 4.39 Å². The molecule has 42 heavy (non-hydrogen) atoms. The average molecular weight is 598 g/mol. The highest BCUT2D eigenvalue weighted by atomic mass is 35.5. The first kappa shape index (κ1) is 32.2. The number of halogens is 2. The van der Waals surface area contributed by atoms with E-state index in [0.29, 0.717) is 16.7 Å². The van der Waals surface area contributed by atoms with E-state index in [1.807, 2.05) is 0 Å². The van der Waals surface area contributed by atoms with Gasteiger partial charge in [0.05, 0.1) is 44.9 Å². The van der Waals surface area contributed by atoms with Crippen molar-refractivity contribution in [3.8, 4) is 17.0 Å². The molecule has 0 fully saturated rings. The lowest BCUT2D eigenvalue weighted by atomic mass is 9.42. The second-order valence-corrected chi connectivity index (χ2v) is 10.8. The van der Waals surface area contributed by atoms with Gasteiger partial charge in [0, 0.05) is 54.0 Å². The Morgan fingerprint density at radius 3 is 2.69 bits per heavy atom. The zero-order chi connectivity index (χ0) is 31.0. The van der Waals surface area contributed by atoms with E-state index in [2.05, 4.69) is 20.4 Å². The van der Waals surface area contributed by atoms with Gasteiger partial charge in [0.2, 0.25) is 0 Å². The fourth-order valence-corrected chi connectivity index (χ4v) is 5.12. The largest absolute Gasteiger partial charge is 0.482 e. The van der Waals surface area contributed by atoms with Gasteiger partial charge < -0.3 is 25.6 Å². The Bertz CT molecular complexity index is 1550. The number of nitrogens with one attached hydrogen (secondary N) is 1. The molecule has 0 saturated carbocycles. The van der Waals surface area contributed by atoms with Crippen LogP contribution in [0.3, 0.4) is 0 Å². The van der Waals surface area contributed by atoms with Crippen molar-refractivity contribution in [3.05, 3.63) is 63.7 Å². The van der Waals surface area contributed by atoms with Crippen molar-refractivity contribution in [1.82, 2.24) is 14.8 Å². The third-order valence-corrected chi connectivity index (χ3v) is 6.96. The Hall–Kier alpha value is -2.76. The summed E-state index contributed by atoms with van der Waals surface area (Å²) < 4.78 is 27.0. The number of hydrogen-bond donors (Lipinski definition) is 4. The van der Waals surface area contributed by atoms with E-state index in [1.165, 1.54) is 42.3 Å². The summed E-state index contributed by atoms with van der Waals surface area (Å²) in [5.74, 6) is -0.248. The molecule has 0 spiro atoms. The summed E-state index contributed by atoms with van der Waals surface area (Å²) in [5.41, 5.74) is 8.32. The molecule has 0 unspecified atom stereocenters. The Kier molecular flexibility index (Phi) is 9.54. The summed E-state index contributed by atoms with van der Waals surface area (Å²) in [5, 5.41) is 3.40. The second-order valence-electron chi connectivity index (χ2n) is 9.63. The summed E-state index contributed by atoms with van der Waals surface area (Å²) in [4.78, 5) is 26.8. The third-order valence-electron chi connectivity index (χ3n) is 6.33. The Labute approximate surface area is 255 Å². The summed E-state index contributed by atoms with van der Waals surface area (Å²) in [6, 6.07) is 5.54. The van der Waals surface area contributed by atoms with E-state index in [-0.39, 0.29) is 52.5 Å². The first-order valence-electron chi connectivity index (χ1n) is 12.3. The molecule has 10 nitrogen and oxygen atoms in total. The number of fused-ring (bicyclic) bond motifs is 5. The van der Waals surface area contributed by atoms with Crippen molar-refractivity contribution in [2.45, 2.75) is 29.9 Å². The Balaban J connectivity index is 2.10. The van der Waals surface area contributed by atoms with Crippen LogP contribution < -0.4 is 15.8 Å². The molecule has 1 atom stereocenters. The lowest BCUT2D eigenvalue weighted by Crippen LogP contribution is -2.34. The van der Waals surface area contributed by atoms with Crippen LogP contribution in [0, 0.1) is 5.82 Å². The lowest BCUT2D eigenvalue weighted by Gasteiger charge is -2.32. The number of ether oxygens (including phenoxy) is 1. The number of pyridine rings is 1. The van der Waals surface area contributed by atoms with Gasteiger partial charge in [-0.1, -0.05) is 11.6 Å². The van der Waals surface area contributed by atoms with Crippen molar-refractivity contribution in [2.24, 2.45) is 10.7 Å². The van der Waals surface area contributed by atoms with E-state index in [1.54, 1.807) is 13.0 Å². The van der Waals surface area contributed by atoms with E-state index in [0.717, 1.165) is 0 Å². The smallest absolute Gasteiger partial charge is 0.328 e. The van der Waals surface area contributed by atoms with Crippen LogP contribution in [-0.4, -0.2) is 83.8 Å². The maximum Gasteiger partial charge on any atom is 0.328 e. The van der Waals surface area contributed by atoms with Crippen molar-refractivity contribution < 1.29 is 23.4 Å². The third kappa shape index (κ3) is 6.73. The van der Waals surface area contributed by atoms with Crippen LogP contribution >= 0.6 is 20.2 Å². The molecule has 0 aliphatic carbocycles. The minimum atomic E-state index is -2.64. The van der Waals surface area contributed by atoms with Crippen LogP contribution in [0.5, 0.6) is 5.75 Å². The molecule has 5 N–H and O–H groups in total. The number of benzene rings is 1. The van der Waals surface area contributed by atoms with Crippen LogP contribution in [-0.2, 0) is 16.3 Å². The Morgan fingerprint density at radius 1 is 1.33 bits per heavy atom. The van der Waals surface area contributed by atoms with Crippen LogP contribution in [0.25, 0.3) is 17.0 Å². The van der Waals surface area contributed by atoms with Gasteiger partial charge in [-0.3, -0.25) is 14.2 Å². The van der Waals surface area contributed by atoms with Crippen molar-refractivity contribution in [2.75, 3.05) is 19.1 Å². The number of nitrogens with zero attached hydrogens (tertiary/aromatic N) is 4. The molecular weight excluding hydrogens is 576 g/mol. The molecule has 3 heterocycles. The molecule has 1 aromatic carbocycles. The highest BCUT2D eigenvalue weighted by Crippen LogP contribution is 2.44. The maximum absolute atomic E-state index is 14.5. The molecule has 4 rings (SSSR count). The van der Waals surface area contributed by atoms with E-state index in [4.69, 9.17) is 75.6 Å². The van der Waals surface area contributed by atoms with Crippen LogP contribution in [0.2, 0.25) is 10.3 Å². The van der Waals surface area contributed by atoms with E-state index < -0.39 is 30.9 Å². The summed E-state index contributed by atoms with van der Waals surface area (Å²) in [6.07, 6.45) is 1.99. The van der Waals surface area contributed by atoms with Crippen molar-refractivity contribution in [1.29, 1.82) is 0 Å². The number of rotatable bonds is 7. The zero-order valence-electron chi connectivity index (χ0n) is 22.6. The number of nitrogens with two attached hydrogens (primary N) is 1. The van der Waals surface area contributed by atoms with Gasteiger partial charge in [-0.25, -0.2) is 9.37 Å². The highest BCUT2D eigenvalue weighted by molar-refractivity contribution is 7.39. The molecule has 3 aromatic rings. The van der Waals surface area contributed by atoms with E-state index >= 15 is 0 Å². The highest BCUT2D eigenvalue weighted by Gasteiger charge is 2.36. The normalized spacial score (nSPS) is 18.6. The fourth-order valence-electron chi connectivity index (χ4n) is 4.60. The van der Waals surface area contributed by atoms with Gasteiger partial charge in [-0.2, -0.15) is 5.10 Å². The first-order valence-corrected chi connectivity index (χ1v) is 13.8. The molecule has 18 heteroatoms. The van der Waals surface area contributed by atoms with Crippen molar-refractivity contribution >= 4 is 77.2 Å². The van der Waals surface area contributed by atoms with Crippen LogP contribution in [0.1, 0.15) is 29.7 Å². The molecule has 1 aliphatic heterocycles. The number of aromatic nitrogens is 3. The number of anilines is 1. The number of hydrogen-bond acceptors (Lipinski definition) is 9. The standard InChI is InChI=1S/C24H22B5ClFN6O4P/c1-11-15-6-13(31)3-4-14(15)19(32)16(8-33-2)24(28,29)18-20(37(36-21(18)30)9-23(25,26)27)12-5-17(41-11)22(34-7-12)35-10-40-42(38)39/h3-8,11,38-39H,9-10,32H2,1-2H3,(H,34,35)/b19-16+,33-8?/t11-/m1/s1. The van der Waals surface area contributed by atoms with Gasteiger partial charge in [-0.05, 0) is 42.0 Å². The molecule has 0 amide bonds. The second kappa shape index (κ2) is 12.5. The molecular formula is C24H22B5ClFN6O4P. The van der Waals surface area contributed by atoms with Crippen LogP contribution in [0.15, 0.2) is 41.0 Å². The molecule has 2 aromatic heterocycles. The van der Waals surface area contributed by atoms with Gasteiger partial charge in [0.1, 0.15) is 18.7 Å². The SMILES string of the molecule is [B]C([B])([B])Cn1nc(Cl)c2c1-c1cnc(NCOP(O)O)c(c1)O[C@H](C)c1cc(F)ccc1/C(N)=C(/C=NC)C2([B])[B]. The molecule has 2 bridgehead atoms. The molecule has 0 saturated heterocycles. The maximum atomic E-state index is 14.5. The number of aliphatic imine (C=N–C) groups is 1. The lowest BCUT2D eigenvalue weighted by molar-refractivity contribution is 0.225. The fraction of sp³-hybridized carbons (Fsp3) is 0.292. The molecule has 1 aliphatic rings. The Morgan fingerprint density at radius 2 is 2.05 bits per heavy atom. The van der Waals surface area contributed by atoms with Gasteiger partial charge in [0.15, 0.2) is 16.7 Å². The molecule has 206 valence electrons. The minimum Gasteiger partial charge on any atom is -0.482 e. The van der Waals surface area contributed by atoms with Gasteiger partial charge in [-0.15, -0.1) is 5.11 Å². The van der Waals surface area contributed by atoms with Crippen LogP contribution in [0.4, 0.5) is 10.2 Å².